The van der Waals surface area contributed by atoms with Crippen LogP contribution in [0.15, 0.2) is 5.16 Å². The van der Waals surface area contributed by atoms with Crippen molar-refractivity contribution in [2.24, 2.45) is 5.16 Å². The molecule has 0 amide bonds. The molecule has 0 aliphatic heterocycles. The van der Waals surface area contributed by atoms with Crippen LogP contribution in [0.2, 0.25) is 0 Å². The molecule has 0 unspecified atom stereocenters. The molecule has 0 saturated heterocycles. The Hall–Kier alpha value is -0.240. The lowest BCUT2D eigenvalue weighted by atomic mass is 10.3. The summed E-state index contributed by atoms with van der Waals surface area (Å²) in [6, 6.07) is 0. The maximum absolute atomic E-state index is 8.21. The maximum Gasteiger partial charge on any atom is 0.0858 e. The molecule has 1 aliphatic carbocycles. The zero-order valence-electron chi connectivity index (χ0n) is 4.69. The number of halogens is 1. The molecule has 8 heavy (non-hydrogen) atoms. The highest BCUT2D eigenvalue weighted by atomic mass is 35.5. The number of hydrogen-bond donors (Lipinski definition) is 1. The van der Waals surface area contributed by atoms with Gasteiger partial charge in [-0.05, 0) is 19.8 Å². The van der Waals surface area contributed by atoms with E-state index in [2.05, 4.69) is 5.16 Å². The minimum Gasteiger partial charge on any atom is -0.411 e. The first-order valence-corrected chi connectivity index (χ1v) is 2.95. The summed E-state index contributed by atoms with van der Waals surface area (Å²) in [6.45, 7) is 1.74. The Balaban J connectivity index is 2.59. The van der Waals surface area contributed by atoms with Gasteiger partial charge in [-0.3, -0.25) is 0 Å². The average Bonchev–Trinajstić information content (AvgIpc) is 2.47. The fraction of sp³-hybridized carbons (Fsp3) is 0.800. The van der Waals surface area contributed by atoms with E-state index in [-0.39, 0.29) is 4.87 Å². The molecule has 1 fully saturated rings. The lowest BCUT2D eigenvalue weighted by Gasteiger charge is -1.99. The number of rotatable bonds is 1. The van der Waals surface area contributed by atoms with Crippen LogP contribution in [0.4, 0.5) is 0 Å². The van der Waals surface area contributed by atoms with Crippen molar-refractivity contribution in [3.8, 4) is 0 Å². The fourth-order valence-corrected chi connectivity index (χ4v) is 0.693. The van der Waals surface area contributed by atoms with E-state index < -0.39 is 0 Å². The van der Waals surface area contributed by atoms with Crippen molar-refractivity contribution in [1.82, 2.24) is 0 Å². The van der Waals surface area contributed by atoms with Crippen LogP contribution in [-0.2, 0) is 0 Å². The van der Waals surface area contributed by atoms with Crippen molar-refractivity contribution >= 4 is 17.3 Å². The quantitative estimate of drug-likeness (QED) is 0.251. The first-order chi connectivity index (χ1) is 3.69. The van der Waals surface area contributed by atoms with E-state index in [1.54, 1.807) is 6.92 Å². The van der Waals surface area contributed by atoms with Gasteiger partial charge in [0.05, 0.1) is 10.6 Å². The van der Waals surface area contributed by atoms with Gasteiger partial charge in [0.1, 0.15) is 0 Å². The molecule has 0 atom stereocenters. The van der Waals surface area contributed by atoms with Crippen molar-refractivity contribution in [3.63, 3.8) is 0 Å². The second-order valence-corrected chi connectivity index (χ2v) is 2.87. The van der Waals surface area contributed by atoms with Gasteiger partial charge in [0, 0.05) is 0 Å². The normalized spacial score (nSPS) is 25.5. The summed E-state index contributed by atoms with van der Waals surface area (Å²) in [5.74, 6) is 0. The molecular weight excluding hydrogens is 126 g/mol. The molecule has 0 bridgehead atoms. The largest absolute Gasteiger partial charge is 0.411 e. The summed E-state index contributed by atoms with van der Waals surface area (Å²) < 4.78 is 0. The summed E-state index contributed by atoms with van der Waals surface area (Å²) in [7, 11) is 0. The maximum atomic E-state index is 8.21. The third-order valence-electron chi connectivity index (χ3n) is 1.49. The second kappa shape index (κ2) is 1.62. The second-order valence-electron chi connectivity index (χ2n) is 2.15. The predicted octanol–water partition coefficient (Wildman–Crippen LogP) is 1.61. The molecular formula is C5H8ClNO. The van der Waals surface area contributed by atoms with E-state index in [0.717, 1.165) is 12.8 Å². The molecule has 1 N–H and O–H groups in total. The Morgan fingerprint density at radius 2 is 2.25 bits per heavy atom. The van der Waals surface area contributed by atoms with Crippen molar-refractivity contribution in [2.45, 2.75) is 24.6 Å². The fourth-order valence-electron chi connectivity index (χ4n) is 0.561. The van der Waals surface area contributed by atoms with Crippen LogP contribution in [-0.4, -0.2) is 15.8 Å². The van der Waals surface area contributed by atoms with Gasteiger partial charge in [-0.2, -0.15) is 0 Å². The highest BCUT2D eigenvalue weighted by molar-refractivity contribution is 6.38. The van der Waals surface area contributed by atoms with Gasteiger partial charge in [-0.1, -0.05) is 5.16 Å². The van der Waals surface area contributed by atoms with E-state index in [1.165, 1.54) is 0 Å². The first kappa shape index (κ1) is 5.89. The number of nitrogens with zero attached hydrogens (tertiary/aromatic N) is 1. The van der Waals surface area contributed by atoms with Gasteiger partial charge in [0.15, 0.2) is 0 Å². The van der Waals surface area contributed by atoms with E-state index >= 15 is 0 Å². The minimum absolute atomic E-state index is 0.269. The Kier molecular flexibility index (Phi) is 1.19. The molecule has 1 rings (SSSR count). The van der Waals surface area contributed by atoms with Crippen LogP contribution in [0.3, 0.4) is 0 Å². The van der Waals surface area contributed by atoms with Crippen molar-refractivity contribution in [3.05, 3.63) is 0 Å². The molecule has 0 spiro atoms. The minimum atomic E-state index is -0.269. The van der Waals surface area contributed by atoms with Crippen LogP contribution in [0.5, 0.6) is 0 Å². The molecule has 1 aliphatic rings. The first-order valence-electron chi connectivity index (χ1n) is 2.57. The summed E-state index contributed by atoms with van der Waals surface area (Å²) in [6.07, 6.45) is 1.90. The number of oxime groups is 1. The van der Waals surface area contributed by atoms with Crippen molar-refractivity contribution in [2.75, 3.05) is 0 Å². The lowest BCUT2D eigenvalue weighted by Crippen LogP contribution is -2.10. The molecule has 2 nitrogen and oxygen atoms in total. The molecule has 0 radical (unpaired) electrons. The number of alkyl halides is 1. The monoisotopic (exact) mass is 133 g/mol. The Morgan fingerprint density at radius 3 is 2.38 bits per heavy atom. The number of hydrogen-bond acceptors (Lipinski definition) is 2. The zero-order valence-corrected chi connectivity index (χ0v) is 5.44. The molecule has 0 aromatic carbocycles. The van der Waals surface area contributed by atoms with Gasteiger partial charge in [0.25, 0.3) is 0 Å². The summed E-state index contributed by atoms with van der Waals surface area (Å²) in [5.41, 5.74) is 0.638. The van der Waals surface area contributed by atoms with Crippen LogP contribution < -0.4 is 0 Å². The Morgan fingerprint density at radius 1 is 1.75 bits per heavy atom. The molecule has 0 aromatic rings. The summed E-state index contributed by atoms with van der Waals surface area (Å²) >= 11 is 5.80. The Labute approximate surface area is 53.1 Å². The zero-order chi connectivity index (χ0) is 6.20. The van der Waals surface area contributed by atoms with Crippen LogP contribution in [0.1, 0.15) is 19.8 Å². The van der Waals surface area contributed by atoms with Gasteiger partial charge in [-0.15, -0.1) is 11.6 Å². The van der Waals surface area contributed by atoms with Crippen molar-refractivity contribution < 1.29 is 5.21 Å². The average molecular weight is 134 g/mol. The molecule has 1 saturated carbocycles. The highest BCUT2D eigenvalue weighted by Crippen LogP contribution is 2.43. The van der Waals surface area contributed by atoms with Crippen LogP contribution >= 0.6 is 11.6 Å². The lowest BCUT2D eigenvalue weighted by molar-refractivity contribution is 0.317. The van der Waals surface area contributed by atoms with E-state index in [4.69, 9.17) is 16.8 Å². The van der Waals surface area contributed by atoms with Crippen LogP contribution in [0, 0.1) is 0 Å². The van der Waals surface area contributed by atoms with E-state index in [9.17, 15) is 0 Å². The highest BCUT2D eigenvalue weighted by Gasteiger charge is 2.43. The molecule has 0 heterocycles. The predicted molar refractivity (Wildman–Crippen MR) is 32.7 cm³/mol. The van der Waals surface area contributed by atoms with E-state index in [1.807, 2.05) is 0 Å². The van der Waals surface area contributed by atoms with Crippen LogP contribution in [0.25, 0.3) is 0 Å². The van der Waals surface area contributed by atoms with E-state index in [0.29, 0.717) is 5.71 Å². The topological polar surface area (TPSA) is 32.6 Å². The van der Waals surface area contributed by atoms with Gasteiger partial charge in [-0.25, -0.2) is 0 Å². The SMILES string of the molecule is C/C(=N\O)C1(Cl)CC1. The van der Waals surface area contributed by atoms with Gasteiger partial charge in [0.2, 0.25) is 0 Å². The smallest absolute Gasteiger partial charge is 0.0858 e. The summed E-state index contributed by atoms with van der Waals surface area (Å²) in [5, 5.41) is 11.2. The third-order valence-corrected chi connectivity index (χ3v) is 2.14. The molecule has 46 valence electrons. The molecule has 3 heteroatoms. The standard InChI is InChI=1S/C5H8ClNO/c1-4(7-8)5(6)2-3-5/h8H,2-3H2,1H3/b7-4+. The molecule has 0 aromatic heterocycles. The summed E-state index contributed by atoms with van der Waals surface area (Å²) in [4.78, 5) is -0.269. The van der Waals surface area contributed by atoms with Gasteiger partial charge < -0.3 is 5.21 Å². The van der Waals surface area contributed by atoms with Crippen molar-refractivity contribution in [1.29, 1.82) is 0 Å². The third kappa shape index (κ3) is 0.802. The Bertz CT molecular complexity index is 128. The van der Waals surface area contributed by atoms with Gasteiger partial charge >= 0.3 is 0 Å².